The monoisotopic (exact) mass is 571 g/mol. The van der Waals surface area contributed by atoms with Crippen LogP contribution >= 0.6 is 34.3 Å². The van der Waals surface area contributed by atoms with Crippen LogP contribution in [0.4, 0.5) is 10.5 Å². The Labute approximate surface area is 203 Å². The number of anilines is 1. The van der Waals surface area contributed by atoms with Gasteiger partial charge in [-0.15, -0.1) is 15.7 Å². The third-order valence-corrected chi connectivity index (χ3v) is 11.0. The molecule has 3 N–H and O–H groups in total. The van der Waals surface area contributed by atoms with E-state index in [1.54, 1.807) is 0 Å². The van der Waals surface area contributed by atoms with Crippen LogP contribution in [0.15, 0.2) is 14.6 Å². The van der Waals surface area contributed by atoms with Gasteiger partial charge in [-0.2, -0.15) is 0 Å². The van der Waals surface area contributed by atoms with Crippen LogP contribution < -0.4 is 15.9 Å². The number of fused-ring (bicyclic) bond motifs is 2. The smallest absolute Gasteiger partial charge is 0.305 e. The van der Waals surface area contributed by atoms with Crippen LogP contribution in [0, 0.1) is 6.92 Å². The Morgan fingerprint density at radius 2 is 1.77 bits per heavy atom. The molecule has 0 bridgehead atoms. The number of halogens is 1. The number of nitrogens with two attached hydrogens (primary N) is 1. The van der Waals surface area contributed by atoms with Crippen LogP contribution in [-0.2, 0) is 44.3 Å². The molecular formula is C21H27BIN3O3S2. The van der Waals surface area contributed by atoms with Crippen molar-refractivity contribution in [3.05, 3.63) is 38.8 Å². The van der Waals surface area contributed by atoms with Crippen LogP contribution in [-0.4, -0.2) is 18.1 Å². The van der Waals surface area contributed by atoms with Crippen LogP contribution in [0.3, 0.4) is 0 Å². The molecule has 31 heavy (non-hydrogen) atoms. The average molecular weight is 571 g/mol. The van der Waals surface area contributed by atoms with Gasteiger partial charge >= 0.3 is 6.03 Å². The molecule has 1 aromatic heterocycles. The van der Waals surface area contributed by atoms with Crippen molar-refractivity contribution in [2.75, 3.05) is 5.32 Å². The maximum absolute atomic E-state index is 13.3. The minimum atomic E-state index is -3.37. The van der Waals surface area contributed by atoms with E-state index in [0.717, 1.165) is 54.6 Å². The summed E-state index contributed by atoms with van der Waals surface area (Å²) in [5.74, 6) is 0. The highest BCUT2D eigenvalue weighted by molar-refractivity contribution is 14.1. The van der Waals surface area contributed by atoms with Gasteiger partial charge in [-0.3, -0.25) is 0 Å². The van der Waals surface area contributed by atoms with Gasteiger partial charge in [0.2, 0.25) is 0 Å². The molecule has 0 aliphatic heterocycles. The van der Waals surface area contributed by atoms with E-state index in [-0.39, 0.29) is 0 Å². The van der Waals surface area contributed by atoms with Gasteiger partial charge in [0.25, 0.3) is 0 Å². The largest absolute Gasteiger partial charge is 0.354 e. The van der Waals surface area contributed by atoms with Crippen LogP contribution in [0.1, 0.15) is 59.4 Å². The van der Waals surface area contributed by atoms with Gasteiger partial charge in [-0.25, -0.2) is 14.1 Å². The van der Waals surface area contributed by atoms with Crippen LogP contribution in [0.2, 0.25) is 0 Å². The number of hydrogen-bond acceptors (Lipinski definition) is 4. The maximum Gasteiger partial charge on any atom is 0.354 e. The first-order valence-corrected chi connectivity index (χ1v) is 13.8. The first-order chi connectivity index (χ1) is 14.5. The molecule has 0 fully saturated rings. The summed E-state index contributed by atoms with van der Waals surface area (Å²) >= 11 is 3.14. The van der Waals surface area contributed by atoms with E-state index < -0.39 is 21.5 Å². The zero-order valence-electron chi connectivity index (χ0n) is 18.3. The summed E-state index contributed by atoms with van der Waals surface area (Å²) < 4.78 is 23.1. The molecular weight excluding hydrogens is 544 g/mol. The highest BCUT2D eigenvalue weighted by atomic mass is 127. The van der Waals surface area contributed by atoms with E-state index in [4.69, 9.17) is 8.21 Å². The number of urea groups is 1. The topological polar surface area (TPSA) is 93.8 Å². The predicted molar refractivity (Wildman–Crippen MR) is 138 cm³/mol. The Hall–Kier alpha value is -0.945. The molecule has 1 atom stereocenters. The van der Waals surface area contributed by atoms with Gasteiger partial charge < -0.3 is 8.38 Å². The highest BCUT2D eigenvalue weighted by Gasteiger charge is 2.29. The Kier molecular flexibility index (Phi) is 6.32. The van der Waals surface area contributed by atoms with Gasteiger partial charge in [0.15, 0.2) is 9.92 Å². The summed E-state index contributed by atoms with van der Waals surface area (Å²) in [7, 11) is -1.54. The molecule has 6 nitrogen and oxygen atoms in total. The number of nitrogens with one attached hydrogen (secondary N) is 1. The van der Waals surface area contributed by atoms with E-state index in [1.807, 2.05) is 50.8 Å². The minimum Gasteiger partial charge on any atom is -0.305 e. The van der Waals surface area contributed by atoms with E-state index in [0.29, 0.717) is 4.21 Å². The molecule has 166 valence electrons. The van der Waals surface area contributed by atoms with E-state index in [1.165, 1.54) is 39.2 Å². The van der Waals surface area contributed by atoms with Gasteiger partial charge in [0, 0.05) is 10.6 Å². The lowest BCUT2D eigenvalue weighted by Gasteiger charge is -2.19. The van der Waals surface area contributed by atoms with E-state index in [2.05, 4.69) is 16.6 Å². The van der Waals surface area contributed by atoms with Crippen molar-refractivity contribution in [3.63, 3.8) is 0 Å². The fraction of sp³-hybridized carbons (Fsp3) is 0.476. The van der Waals surface area contributed by atoms with E-state index in [9.17, 15) is 9.00 Å². The molecule has 10 heteroatoms. The lowest BCUT2D eigenvalue weighted by Crippen LogP contribution is -2.22. The van der Waals surface area contributed by atoms with Crippen molar-refractivity contribution in [1.29, 1.82) is 0 Å². The number of thiophene rings is 1. The van der Waals surface area contributed by atoms with Crippen molar-refractivity contribution >= 4 is 69.3 Å². The number of hydrogen-bond donors (Lipinski definition) is 2. The van der Waals surface area contributed by atoms with Gasteiger partial charge in [0.1, 0.15) is 40.7 Å². The quantitative estimate of drug-likeness (QED) is 0.432. The highest BCUT2D eigenvalue weighted by Crippen LogP contribution is 2.41. The minimum absolute atomic E-state index is 0.415. The van der Waals surface area contributed by atoms with Crippen LogP contribution in [0.5, 0.6) is 0 Å². The molecule has 0 spiro atoms. The predicted octanol–water partition coefficient (Wildman–Crippen LogP) is 3.83. The van der Waals surface area contributed by atoms with Crippen LogP contribution in [0.25, 0.3) is 0 Å². The fourth-order valence-electron chi connectivity index (χ4n) is 4.77. The summed E-state index contributed by atoms with van der Waals surface area (Å²) in [5.41, 5.74) is 7.66. The van der Waals surface area contributed by atoms with Gasteiger partial charge in [-0.05, 0) is 87.1 Å². The van der Waals surface area contributed by atoms with Crippen molar-refractivity contribution in [2.24, 2.45) is 9.50 Å². The second-order valence-electron chi connectivity index (χ2n) is 8.88. The maximum atomic E-state index is 13.3. The SMILES string of the molecule is Bc1cc(C(C)(C)OI)sc1S(N)(=O)=NC(=O)Nc1c2c(c(C)c3c1CCC3)CCC2. The van der Waals surface area contributed by atoms with Crippen molar-refractivity contribution in [2.45, 2.75) is 69.1 Å². The molecule has 2 aliphatic rings. The number of benzene rings is 1. The molecule has 0 saturated heterocycles. The molecule has 0 saturated carbocycles. The number of carbonyl (C=O) groups is 1. The van der Waals surface area contributed by atoms with Crippen molar-refractivity contribution in [3.8, 4) is 0 Å². The molecule has 1 heterocycles. The first kappa shape index (κ1) is 23.2. The number of carbonyl (C=O) groups excluding carboxylic acids is 1. The molecule has 1 unspecified atom stereocenters. The molecule has 0 radical (unpaired) electrons. The zero-order chi connectivity index (χ0) is 22.6. The Morgan fingerprint density at radius 1 is 1.23 bits per heavy atom. The first-order valence-electron chi connectivity index (χ1n) is 10.5. The molecule has 2 aliphatic carbocycles. The van der Waals surface area contributed by atoms with Crippen molar-refractivity contribution < 1.29 is 12.1 Å². The second kappa shape index (κ2) is 8.44. The van der Waals surface area contributed by atoms with Gasteiger partial charge in [0.05, 0.1) is 0 Å². The number of amides is 2. The fourth-order valence-corrected chi connectivity index (χ4v) is 7.85. The van der Waals surface area contributed by atoms with Gasteiger partial charge in [-0.1, -0.05) is 11.5 Å². The summed E-state index contributed by atoms with van der Waals surface area (Å²) in [5, 5.41) is 9.09. The lowest BCUT2D eigenvalue weighted by atomic mass is 9.93. The summed E-state index contributed by atoms with van der Waals surface area (Å²) in [6, 6.07) is 1.26. The second-order valence-corrected chi connectivity index (χ2v) is 12.4. The standard InChI is InChI=1S/C21H27BIN3O3S2/c1-11-12-6-4-8-14(12)18(15-9-5-7-13(11)15)25-20(27)26-31(24,28)19-16(22)10-17(30-19)21(2,3)29-23/h10H,4-9,22H2,1-3H3,(H3,24,25,26,27,28). The third-order valence-electron chi connectivity index (χ3n) is 6.32. The van der Waals surface area contributed by atoms with Crippen molar-refractivity contribution in [1.82, 2.24) is 0 Å². The zero-order valence-corrected chi connectivity index (χ0v) is 22.1. The Bertz CT molecular complexity index is 1160. The Morgan fingerprint density at radius 3 is 2.32 bits per heavy atom. The molecule has 2 aromatic rings. The molecule has 4 rings (SSSR count). The summed E-state index contributed by atoms with van der Waals surface area (Å²) in [4.78, 5) is 13.8. The summed E-state index contributed by atoms with van der Waals surface area (Å²) in [6.07, 6.45) is 6.20. The normalized spacial score (nSPS) is 17.2. The summed E-state index contributed by atoms with van der Waals surface area (Å²) in [6.45, 7) is 6.06. The van der Waals surface area contributed by atoms with E-state index >= 15 is 0 Å². The lowest BCUT2D eigenvalue weighted by molar-refractivity contribution is 0.182. The average Bonchev–Trinajstić information content (AvgIpc) is 3.43. The molecule has 1 aromatic carbocycles. The number of nitrogens with zero attached hydrogens (tertiary/aromatic N) is 1. The number of rotatable bonds is 4. The Balaban J connectivity index is 1.69. The third kappa shape index (κ3) is 4.21. The molecule has 2 amide bonds.